The van der Waals surface area contributed by atoms with Gasteiger partial charge in [-0.25, -0.2) is 18.2 Å². The molecule has 14 heavy (non-hydrogen) atoms. The number of hydrogen-bond acceptors (Lipinski definition) is 1. The molecule has 0 atom stereocenters. The average molecular weight is 200 g/mol. The fourth-order valence-electron chi connectivity index (χ4n) is 1.32. The van der Waals surface area contributed by atoms with Crippen molar-refractivity contribution in [3.63, 3.8) is 0 Å². The molecule has 2 aromatic rings. The van der Waals surface area contributed by atoms with Gasteiger partial charge in [-0.15, -0.1) is 0 Å². The smallest absolute Gasteiger partial charge is 0.166 e. The van der Waals surface area contributed by atoms with Crippen molar-refractivity contribution in [3.8, 4) is 0 Å². The van der Waals surface area contributed by atoms with Gasteiger partial charge in [-0.05, 0) is 6.92 Å². The Balaban J connectivity index is 2.86. The maximum Gasteiger partial charge on any atom is 0.166 e. The lowest BCUT2D eigenvalue weighted by Gasteiger charge is -2.01. The maximum absolute atomic E-state index is 13.4. The van der Waals surface area contributed by atoms with E-state index in [4.69, 9.17) is 0 Å². The molecular formula is C9H7F3N2. The normalized spacial score (nSPS) is 11.1. The van der Waals surface area contributed by atoms with Gasteiger partial charge in [0.05, 0.1) is 11.8 Å². The van der Waals surface area contributed by atoms with E-state index < -0.39 is 18.4 Å². The third-order valence-corrected chi connectivity index (χ3v) is 2.17. The molecule has 1 aromatic heterocycles. The second kappa shape index (κ2) is 3.01. The highest BCUT2D eigenvalue weighted by Gasteiger charge is 2.13. The molecule has 2 rings (SSSR count). The van der Waals surface area contributed by atoms with E-state index in [1.54, 1.807) is 0 Å². The molecule has 0 saturated carbocycles. The van der Waals surface area contributed by atoms with E-state index in [-0.39, 0.29) is 16.6 Å². The second-order valence-electron chi connectivity index (χ2n) is 3.00. The summed E-state index contributed by atoms with van der Waals surface area (Å²) in [5.74, 6) is -1.42. The third-order valence-electron chi connectivity index (χ3n) is 2.17. The maximum atomic E-state index is 13.4. The first-order valence-corrected chi connectivity index (χ1v) is 4.00. The number of hydrogen-bond donors (Lipinski definition) is 0. The van der Waals surface area contributed by atoms with Crippen LogP contribution in [0.5, 0.6) is 0 Å². The number of benzene rings is 1. The van der Waals surface area contributed by atoms with Crippen LogP contribution >= 0.6 is 0 Å². The van der Waals surface area contributed by atoms with Crippen molar-refractivity contribution in [3.05, 3.63) is 29.6 Å². The minimum atomic E-state index is -0.849. The van der Waals surface area contributed by atoms with E-state index in [2.05, 4.69) is 4.98 Å². The molecule has 5 heteroatoms. The summed E-state index contributed by atoms with van der Waals surface area (Å²) >= 11 is 0. The number of aromatic nitrogens is 2. The van der Waals surface area contributed by atoms with Gasteiger partial charge in [0.25, 0.3) is 0 Å². The highest BCUT2D eigenvalue weighted by molar-refractivity contribution is 5.77. The van der Waals surface area contributed by atoms with Crippen LogP contribution in [0.3, 0.4) is 0 Å². The summed E-state index contributed by atoms with van der Waals surface area (Å²) in [5, 5.41) is 0. The van der Waals surface area contributed by atoms with Crippen LogP contribution in [0.2, 0.25) is 0 Å². The molecule has 0 unspecified atom stereocenters. The number of nitrogens with zero attached hydrogens (tertiary/aromatic N) is 2. The van der Waals surface area contributed by atoms with Gasteiger partial charge in [0, 0.05) is 11.6 Å². The topological polar surface area (TPSA) is 17.8 Å². The lowest BCUT2D eigenvalue weighted by atomic mass is 10.2. The van der Waals surface area contributed by atoms with E-state index in [0.29, 0.717) is 0 Å². The van der Waals surface area contributed by atoms with Crippen LogP contribution in [0.1, 0.15) is 5.56 Å². The number of imidazole rings is 1. The van der Waals surface area contributed by atoms with Crippen LogP contribution in [0.15, 0.2) is 12.4 Å². The van der Waals surface area contributed by atoms with E-state index >= 15 is 0 Å². The Kier molecular flexibility index (Phi) is 1.94. The molecule has 0 radical (unpaired) electrons. The van der Waals surface area contributed by atoms with Gasteiger partial charge >= 0.3 is 0 Å². The van der Waals surface area contributed by atoms with E-state index in [9.17, 15) is 13.2 Å². The highest BCUT2D eigenvalue weighted by Crippen LogP contribution is 2.22. The van der Waals surface area contributed by atoms with Gasteiger partial charge in [0.1, 0.15) is 11.3 Å². The number of fused-ring (bicyclic) bond motifs is 1. The molecular weight excluding hydrogens is 193 g/mol. The van der Waals surface area contributed by atoms with Crippen LogP contribution in [-0.2, 0) is 6.80 Å². The Hall–Kier alpha value is -1.52. The first kappa shape index (κ1) is 9.05. The molecule has 1 aromatic carbocycles. The van der Waals surface area contributed by atoms with Crippen molar-refractivity contribution >= 4 is 11.0 Å². The second-order valence-corrected chi connectivity index (χ2v) is 3.00. The average Bonchev–Trinajstić information content (AvgIpc) is 2.57. The van der Waals surface area contributed by atoms with Crippen molar-refractivity contribution in [1.82, 2.24) is 9.55 Å². The molecule has 0 aliphatic carbocycles. The Labute approximate surface area is 78.0 Å². The Bertz CT molecular complexity index is 490. The lowest BCUT2D eigenvalue weighted by molar-refractivity contribution is 0.384. The zero-order valence-electron chi connectivity index (χ0n) is 7.39. The quantitative estimate of drug-likeness (QED) is 0.691. The molecule has 0 fully saturated rings. The number of rotatable bonds is 1. The van der Waals surface area contributed by atoms with E-state index in [1.807, 2.05) is 0 Å². The van der Waals surface area contributed by atoms with Crippen LogP contribution in [0.25, 0.3) is 11.0 Å². The molecule has 0 saturated heterocycles. The lowest BCUT2D eigenvalue weighted by Crippen LogP contribution is -1.94. The molecule has 0 aliphatic rings. The highest BCUT2D eigenvalue weighted by atomic mass is 19.1. The van der Waals surface area contributed by atoms with Crippen LogP contribution < -0.4 is 0 Å². The Morgan fingerprint density at radius 3 is 2.79 bits per heavy atom. The van der Waals surface area contributed by atoms with Crippen molar-refractivity contribution in [2.75, 3.05) is 0 Å². The zero-order chi connectivity index (χ0) is 10.3. The fraction of sp³-hybridized carbons (Fsp3) is 0.222. The summed E-state index contributed by atoms with van der Waals surface area (Å²) in [6.07, 6.45) is 1.15. The molecule has 0 aliphatic heterocycles. The summed E-state index contributed by atoms with van der Waals surface area (Å²) in [5.41, 5.74) is 0.0382. The Morgan fingerprint density at radius 1 is 1.43 bits per heavy atom. The summed E-state index contributed by atoms with van der Waals surface area (Å²) in [7, 11) is 0. The van der Waals surface area contributed by atoms with Crippen LogP contribution in [0.4, 0.5) is 13.2 Å². The van der Waals surface area contributed by atoms with Crippen LogP contribution in [-0.4, -0.2) is 9.55 Å². The summed E-state index contributed by atoms with van der Waals surface area (Å²) < 4.78 is 39.8. The molecule has 1 heterocycles. The standard InChI is InChI=1S/C9H7F3N2/c1-5-6(11)2-7-9(8(5)12)13-4-14(7)3-10/h2,4H,3H2,1H3. The molecule has 0 bridgehead atoms. The van der Waals surface area contributed by atoms with Crippen molar-refractivity contribution in [2.45, 2.75) is 13.7 Å². The molecule has 0 amide bonds. The summed E-state index contributed by atoms with van der Waals surface area (Å²) in [4.78, 5) is 3.67. The SMILES string of the molecule is Cc1c(F)cc2c(ncn2CF)c1F. The largest absolute Gasteiger partial charge is 0.301 e. The van der Waals surface area contributed by atoms with Gasteiger partial charge in [-0.2, -0.15) is 0 Å². The van der Waals surface area contributed by atoms with Gasteiger partial charge in [-0.1, -0.05) is 0 Å². The molecule has 0 spiro atoms. The van der Waals surface area contributed by atoms with E-state index in [0.717, 1.165) is 17.0 Å². The number of alkyl halides is 1. The first-order chi connectivity index (χ1) is 6.65. The van der Waals surface area contributed by atoms with Crippen molar-refractivity contribution in [2.24, 2.45) is 0 Å². The Morgan fingerprint density at radius 2 is 2.14 bits per heavy atom. The van der Waals surface area contributed by atoms with Gasteiger partial charge in [0.15, 0.2) is 12.6 Å². The fourth-order valence-corrected chi connectivity index (χ4v) is 1.32. The molecule has 0 N–H and O–H groups in total. The van der Waals surface area contributed by atoms with Gasteiger partial charge in [-0.3, -0.25) is 0 Å². The van der Waals surface area contributed by atoms with Crippen LogP contribution in [0, 0.1) is 18.6 Å². The van der Waals surface area contributed by atoms with Gasteiger partial charge < -0.3 is 4.57 Å². The van der Waals surface area contributed by atoms with Gasteiger partial charge in [0.2, 0.25) is 0 Å². The predicted octanol–water partition coefficient (Wildman–Crippen LogP) is 2.55. The van der Waals surface area contributed by atoms with Crippen molar-refractivity contribution in [1.29, 1.82) is 0 Å². The molecule has 74 valence electrons. The number of halogens is 3. The van der Waals surface area contributed by atoms with E-state index in [1.165, 1.54) is 6.92 Å². The predicted molar refractivity (Wildman–Crippen MR) is 45.5 cm³/mol. The summed E-state index contributed by atoms with van der Waals surface area (Å²) in [6.45, 7) is 0.469. The monoisotopic (exact) mass is 200 g/mol. The third kappa shape index (κ3) is 1.08. The molecule has 2 nitrogen and oxygen atoms in total. The summed E-state index contributed by atoms with van der Waals surface area (Å²) in [6, 6.07) is 1.08. The zero-order valence-corrected chi connectivity index (χ0v) is 7.39. The minimum Gasteiger partial charge on any atom is -0.301 e. The first-order valence-electron chi connectivity index (χ1n) is 4.00. The minimum absolute atomic E-state index is 0.00144. The van der Waals surface area contributed by atoms with Crippen molar-refractivity contribution < 1.29 is 13.2 Å².